The highest BCUT2D eigenvalue weighted by atomic mass is 16.6. The number of aliphatic hydroxyl groups is 3. The Hall–Kier alpha value is -3.30. The Balaban J connectivity index is 1.85. The lowest BCUT2D eigenvalue weighted by Crippen LogP contribution is -2.71. The highest BCUT2D eigenvalue weighted by Crippen LogP contribution is 2.27. The van der Waals surface area contributed by atoms with Crippen molar-refractivity contribution in [2.75, 3.05) is 13.2 Å². The molecule has 5 atom stereocenters. The molecule has 1 aliphatic rings. The molecule has 0 aliphatic carbocycles. The summed E-state index contributed by atoms with van der Waals surface area (Å²) in [4.78, 5) is 47.2. The number of aromatic amines is 2. The van der Waals surface area contributed by atoms with E-state index in [-0.39, 0.29) is 6.42 Å². The van der Waals surface area contributed by atoms with Gasteiger partial charge in [-0.05, 0) is 17.7 Å². The normalized spacial score (nSPS) is 25.5. The Kier molecular flexibility index (Phi) is 7.68. The third-order valence-corrected chi connectivity index (χ3v) is 5.28. The van der Waals surface area contributed by atoms with Gasteiger partial charge in [0.25, 0.3) is 0 Å². The summed E-state index contributed by atoms with van der Waals surface area (Å²) in [7, 11) is 0. The topological polar surface area (TPSA) is 208 Å². The second kappa shape index (κ2) is 10.3. The van der Waals surface area contributed by atoms with Crippen LogP contribution in [0.15, 0.2) is 33.9 Å². The molecule has 1 aliphatic heterocycles. The van der Waals surface area contributed by atoms with Gasteiger partial charge in [-0.15, -0.1) is 0 Å². The minimum Gasteiger partial charge on any atom is -0.394 e. The van der Waals surface area contributed by atoms with Crippen molar-refractivity contribution in [3.8, 4) is 5.69 Å². The van der Waals surface area contributed by atoms with E-state index >= 15 is 0 Å². The second-order valence-corrected chi connectivity index (χ2v) is 7.91. The molecule has 5 unspecified atom stereocenters. The number of H-pyrrole nitrogens is 2. The first kappa shape index (κ1) is 25.3. The highest BCUT2D eigenvalue weighted by molar-refractivity contribution is 5.74. The Morgan fingerprint density at radius 2 is 1.79 bits per heavy atom. The van der Waals surface area contributed by atoms with Gasteiger partial charge in [-0.25, -0.2) is 24.4 Å². The number of rotatable bonds is 8. The number of aromatic nitrogens is 3. The maximum absolute atomic E-state index is 11.9. The van der Waals surface area contributed by atoms with Crippen LogP contribution < -0.4 is 22.0 Å². The largest absolute Gasteiger partial charge is 0.394 e. The smallest absolute Gasteiger partial charge is 0.348 e. The van der Waals surface area contributed by atoms with Crippen molar-refractivity contribution in [1.82, 2.24) is 25.4 Å². The van der Waals surface area contributed by atoms with Crippen LogP contribution in [-0.2, 0) is 25.5 Å². The molecule has 2 amide bonds. The summed E-state index contributed by atoms with van der Waals surface area (Å²) in [5, 5.41) is 39.7. The number of carbonyl (C=O) groups excluding carboxylic acids is 2. The number of carbonyl (C=O) groups is 2. The summed E-state index contributed by atoms with van der Waals surface area (Å²) in [5.41, 5.74) is -2.28. The summed E-state index contributed by atoms with van der Waals surface area (Å²) in [6.45, 7) is 1.45. The molecule has 0 spiro atoms. The zero-order chi connectivity index (χ0) is 25.0. The fourth-order valence-corrected chi connectivity index (χ4v) is 3.74. The SMILES string of the molecule is CC(=O)NC(Cc1ccc(-n2c(=O)[nH][nH]c2=O)cc1)OC1(NC(C)=O)COC(CO)C(O)C1O. The van der Waals surface area contributed by atoms with Gasteiger partial charge in [-0.2, -0.15) is 0 Å². The van der Waals surface area contributed by atoms with Gasteiger partial charge < -0.3 is 35.4 Å². The van der Waals surface area contributed by atoms with Crippen molar-refractivity contribution < 1.29 is 34.4 Å². The van der Waals surface area contributed by atoms with Gasteiger partial charge in [0.15, 0.2) is 5.72 Å². The Bertz CT molecular complexity index is 1100. The predicted octanol–water partition coefficient (Wildman–Crippen LogP) is -3.18. The summed E-state index contributed by atoms with van der Waals surface area (Å²) in [6.07, 6.45) is -5.41. The maximum atomic E-state index is 11.9. The molecule has 7 N–H and O–H groups in total. The zero-order valence-corrected chi connectivity index (χ0v) is 18.5. The van der Waals surface area contributed by atoms with E-state index in [0.29, 0.717) is 11.3 Å². The molecule has 2 aromatic rings. The van der Waals surface area contributed by atoms with Gasteiger partial charge >= 0.3 is 11.4 Å². The van der Waals surface area contributed by atoms with E-state index < -0.39 is 66.7 Å². The van der Waals surface area contributed by atoms with Gasteiger partial charge in [-0.1, -0.05) is 12.1 Å². The summed E-state index contributed by atoms with van der Waals surface area (Å²) < 4.78 is 12.2. The fraction of sp³-hybridized carbons (Fsp3) is 0.500. The van der Waals surface area contributed by atoms with E-state index in [1.54, 1.807) is 12.1 Å². The number of benzene rings is 1. The molecule has 1 fully saturated rings. The lowest BCUT2D eigenvalue weighted by Gasteiger charge is -2.47. The number of aliphatic hydroxyl groups excluding tert-OH is 3. The summed E-state index contributed by atoms with van der Waals surface area (Å²) >= 11 is 0. The van der Waals surface area contributed by atoms with Crippen molar-refractivity contribution in [2.24, 2.45) is 0 Å². The molecule has 186 valence electrons. The standard InChI is InChI=1S/C20H27N5O9/c1-10(27)21-15(7-12-3-5-13(6-4-12)25-18(31)23-24-19(25)32)34-20(22-11(2)28)9-33-14(8-26)16(29)17(20)30/h3-6,14-17,26,29-30H,7-9H2,1-2H3,(H,21,27)(H,22,28)(H,23,31)(H,24,32). The van der Waals surface area contributed by atoms with E-state index in [9.17, 15) is 34.5 Å². The number of nitrogens with one attached hydrogen (secondary N) is 4. The number of ether oxygens (including phenoxy) is 2. The van der Waals surface area contributed by atoms with Crippen LogP contribution in [0.4, 0.5) is 0 Å². The third kappa shape index (κ3) is 5.43. The van der Waals surface area contributed by atoms with Crippen molar-refractivity contribution in [2.45, 2.75) is 50.5 Å². The molecule has 14 heteroatoms. The Labute approximate surface area is 192 Å². The molecule has 0 bridgehead atoms. The Morgan fingerprint density at radius 3 is 2.32 bits per heavy atom. The number of hydrogen-bond donors (Lipinski definition) is 7. The molecule has 1 aromatic heterocycles. The molecule has 3 rings (SSSR count). The third-order valence-electron chi connectivity index (χ3n) is 5.28. The predicted molar refractivity (Wildman–Crippen MR) is 115 cm³/mol. The van der Waals surface area contributed by atoms with Crippen LogP contribution in [0.3, 0.4) is 0 Å². The lowest BCUT2D eigenvalue weighted by atomic mass is 9.94. The lowest BCUT2D eigenvalue weighted by molar-refractivity contribution is -0.280. The molecule has 0 saturated carbocycles. The van der Waals surface area contributed by atoms with E-state index in [1.807, 2.05) is 0 Å². The van der Waals surface area contributed by atoms with Crippen molar-refractivity contribution in [3.05, 3.63) is 50.8 Å². The average Bonchev–Trinajstić information content (AvgIpc) is 3.10. The van der Waals surface area contributed by atoms with Gasteiger partial charge in [-0.3, -0.25) is 9.59 Å². The van der Waals surface area contributed by atoms with Crippen LogP contribution in [0.1, 0.15) is 19.4 Å². The molecule has 0 radical (unpaired) electrons. The van der Waals surface area contributed by atoms with Crippen molar-refractivity contribution >= 4 is 11.8 Å². The van der Waals surface area contributed by atoms with Crippen molar-refractivity contribution in [1.29, 1.82) is 0 Å². The first-order chi connectivity index (χ1) is 16.1. The molecule has 1 aromatic carbocycles. The van der Waals surface area contributed by atoms with E-state index in [4.69, 9.17) is 9.47 Å². The Morgan fingerprint density at radius 1 is 1.18 bits per heavy atom. The molecule has 14 nitrogen and oxygen atoms in total. The minimum absolute atomic E-state index is 0.0475. The fourth-order valence-electron chi connectivity index (χ4n) is 3.74. The quantitative estimate of drug-likeness (QED) is 0.189. The first-order valence-corrected chi connectivity index (χ1v) is 10.4. The molecule has 2 heterocycles. The molecular weight excluding hydrogens is 454 g/mol. The highest BCUT2D eigenvalue weighted by Gasteiger charge is 2.52. The zero-order valence-electron chi connectivity index (χ0n) is 18.5. The van der Waals surface area contributed by atoms with Crippen LogP contribution >= 0.6 is 0 Å². The van der Waals surface area contributed by atoms with Crippen LogP contribution in [0, 0.1) is 0 Å². The van der Waals surface area contributed by atoms with Crippen molar-refractivity contribution in [3.63, 3.8) is 0 Å². The second-order valence-electron chi connectivity index (χ2n) is 7.91. The van der Waals surface area contributed by atoms with E-state index in [2.05, 4.69) is 20.8 Å². The first-order valence-electron chi connectivity index (χ1n) is 10.4. The number of nitrogens with zero attached hydrogens (tertiary/aromatic N) is 1. The van der Waals surface area contributed by atoms with Gasteiger partial charge in [0.05, 0.1) is 18.9 Å². The molecular formula is C20H27N5O9. The molecule has 34 heavy (non-hydrogen) atoms. The van der Waals surface area contributed by atoms with Crippen LogP contribution in [0.5, 0.6) is 0 Å². The summed E-state index contributed by atoms with van der Waals surface area (Å²) in [6, 6.07) is 6.23. The minimum atomic E-state index is -1.92. The molecule has 1 saturated heterocycles. The average molecular weight is 481 g/mol. The van der Waals surface area contributed by atoms with Crippen LogP contribution in [-0.4, -0.2) is 85.4 Å². The van der Waals surface area contributed by atoms with Crippen LogP contribution in [0.25, 0.3) is 5.69 Å². The van der Waals surface area contributed by atoms with Crippen LogP contribution in [0.2, 0.25) is 0 Å². The van der Waals surface area contributed by atoms with E-state index in [0.717, 1.165) is 4.57 Å². The maximum Gasteiger partial charge on any atom is 0.348 e. The van der Waals surface area contributed by atoms with Gasteiger partial charge in [0.2, 0.25) is 11.8 Å². The van der Waals surface area contributed by atoms with Gasteiger partial charge in [0.1, 0.15) is 24.5 Å². The number of amides is 2. The number of hydrogen-bond acceptors (Lipinski definition) is 9. The monoisotopic (exact) mass is 481 g/mol. The van der Waals surface area contributed by atoms with E-state index in [1.165, 1.54) is 26.0 Å². The van der Waals surface area contributed by atoms with Gasteiger partial charge in [0, 0.05) is 20.3 Å². The summed E-state index contributed by atoms with van der Waals surface area (Å²) in [5.74, 6) is -1.06.